The van der Waals surface area contributed by atoms with Crippen molar-refractivity contribution in [2.24, 2.45) is 5.73 Å². The first-order chi connectivity index (χ1) is 8.65. The summed E-state index contributed by atoms with van der Waals surface area (Å²) in [5.41, 5.74) is 6.33. The Balaban J connectivity index is 2.31. The number of ether oxygens (including phenoxy) is 1. The highest BCUT2D eigenvalue weighted by Crippen LogP contribution is 2.28. The van der Waals surface area contributed by atoms with Crippen molar-refractivity contribution in [2.75, 3.05) is 13.7 Å². The Bertz CT molecular complexity index is 543. The molecule has 2 rings (SSSR count). The van der Waals surface area contributed by atoms with Gasteiger partial charge in [0.05, 0.1) is 5.02 Å². The summed E-state index contributed by atoms with van der Waals surface area (Å²) in [5.74, 6) is 0.832. The molecule has 96 valence electrons. The molecule has 1 atom stereocenters. The van der Waals surface area contributed by atoms with Gasteiger partial charge in [0.1, 0.15) is 6.10 Å². The fraction of sp³-hybridized carbons (Fsp3) is 0.273. The molecular weight excluding hydrogens is 321 g/mol. The average Bonchev–Trinajstić information content (AvgIpc) is 2.84. The van der Waals surface area contributed by atoms with Gasteiger partial charge in [-0.2, -0.15) is 4.98 Å². The first kappa shape index (κ1) is 13.5. The van der Waals surface area contributed by atoms with Crippen LogP contribution in [0.1, 0.15) is 12.0 Å². The van der Waals surface area contributed by atoms with Gasteiger partial charge in [-0.3, -0.25) is 0 Å². The van der Waals surface area contributed by atoms with Crippen LogP contribution < -0.4 is 5.73 Å². The second-order valence-electron chi connectivity index (χ2n) is 3.55. The van der Waals surface area contributed by atoms with E-state index in [2.05, 4.69) is 26.1 Å². The zero-order valence-electron chi connectivity index (χ0n) is 9.56. The van der Waals surface area contributed by atoms with E-state index in [1.165, 1.54) is 0 Å². The molecule has 0 radical (unpaired) electrons. The Morgan fingerprint density at radius 2 is 2.33 bits per heavy atom. The van der Waals surface area contributed by atoms with Gasteiger partial charge in [-0.05, 0) is 34.1 Å². The maximum Gasteiger partial charge on any atom is 0.257 e. The Morgan fingerprint density at radius 1 is 1.56 bits per heavy atom. The lowest BCUT2D eigenvalue weighted by molar-refractivity contribution is 0.0804. The predicted molar refractivity (Wildman–Crippen MR) is 71.2 cm³/mol. The van der Waals surface area contributed by atoms with Crippen molar-refractivity contribution in [1.82, 2.24) is 10.1 Å². The minimum atomic E-state index is -0.387. The molecule has 0 aliphatic rings. The third-order valence-electron chi connectivity index (χ3n) is 2.39. The van der Waals surface area contributed by atoms with Gasteiger partial charge >= 0.3 is 0 Å². The van der Waals surface area contributed by atoms with Gasteiger partial charge in [0.25, 0.3) is 5.89 Å². The number of hydrogen-bond donors (Lipinski definition) is 1. The van der Waals surface area contributed by atoms with Crippen LogP contribution in [0.4, 0.5) is 0 Å². The fourth-order valence-corrected chi connectivity index (χ4v) is 1.91. The molecule has 0 spiro atoms. The van der Waals surface area contributed by atoms with E-state index in [-0.39, 0.29) is 12.6 Å². The van der Waals surface area contributed by atoms with E-state index in [1.54, 1.807) is 13.2 Å². The molecule has 1 aromatic heterocycles. The van der Waals surface area contributed by atoms with Gasteiger partial charge in [-0.15, -0.1) is 0 Å². The van der Waals surface area contributed by atoms with Crippen LogP contribution in [0.25, 0.3) is 11.4 Å². The number of rotatable bonds is 4. The average molecular weight is 333 g/mol. The van der Waals surface area contributed by atoms with E-state index in [0.717, 1.165) is 10.0 Å². The molecule has 1 unspecified atom stereocenters. The van der Waals surface area contributed by atoms with Crippen LogP contribution in [0, 0.1) is 0 Å². The van der Waals surface area contributed by atoms with Crippen molar-refractivity contribution in [3.8, 4) is 11.4 Å². The van der Waals surface area contributed by atoms with Crippen LogP contribution >= 0.6 is 27.5 Å². The van der Waals surface area contributed by atoms with Gasteiger partial charge < -0.3 is 15.0 Å². The number of aromatic nitrogens is 2. The topological polar surface area (TPSA) is 74.2 Å². The molecule has 0 fully saturated rings. The third kappa shape index (κ3) is 2.72. The molecule has 2 N–H and O–H groups in total. The largest absolute Gasteiger partial charge is 0.370 e. The maximum atomic E-state index is 5.92. The van der Waals surface area contributed by atoms with Crippen LogP contribution in [0.3, 0.4) is 0 Å². The smallest absolute Gasteiger partial charge is 0.257 e. The summed E-state index contributed by atoms with van der Waals surface area (Å²) in [7, 11) is 1.54. The number of halogens is 2. The standard InChI is InChI=1S/C11H11BrClN3O2/c1-17-9(5-14)11-15-10(16-18-11)6-2-3-8(13)7(12)4-6/h2-4,9H,5,14H2,1H3. The molecular formula is C11H11BrClN3O2. The summed E-state index contributed by atoms with van der Waals surface area (Å²) in [6.07, 6.45) is -0.387. The lowest BCUT2D eigenvalue weighted by Gasteiger charge is -2.05. The Hall–Kier alpha value is -0.950. The molecule has 0 saturated carbocycles. The molecule has 18 heavy (non-hydrogen) atoms. The van der Waals surface area contributed by atoms with Crippen molar-refractivity contribution in [3.63, 3.8) is 0 Å². The first-order valence-corrected chi connectivity index (χ1v) is 6.34. The van der Waals surface area contributed by atoms with Crippen LogP contribution in [-0.4, -0.2) is 23.8 Å². The molecule has 0 bridgehead atoms. The van der Waals surface area contributed by atoms with Crippen LogP contribution in [0.2, 0.25) is 5.02 Å². The van der Waals surface area contributed by atoms with Gasteiger partial charge in [-0.1, -0.05) is 16.8 Å². The molecule has 2 aromatic rings. The molecule has 0 aliphatic carbocycles. The Labute approximate surface area is 117 Å². The summed E-state index contributed by atoms with van der Waals surface area (Å²) in [6.45, 7) is 0.280. The highest BCUT2D eigenvalue weighted by molar-refractivity contribution is 9.10. The second-order valence-corrected chi connectivity index (χ2v) is 4.81. The number of nitrogens with zero attached hydrogens (tertiary/aromatic N) is 2. The SMILES string of the molecule is COC(CN)c1nc(-c2ccc(Cl)c(Br)c2)no1. The maximum absolute atomic E-state index is 5.92. The van der Waals surface area contributed by atoms with Crippen molar-refractivity contribution in [1.29, 1.82) is 0 Å². The van der Waals surface area contributed by atoms with E-state index in [4.69, 9.17) is 26.6 Å². The lowest BCUT2D eigenvalue weighted by atomic mass is 10.2. The molecule has 5 nitrogen and oxygen atoms in total. The van der Waals surface area contributed by atoms with Crippen molar-refractivity contribution in [3.05, 3.63) is 33.6 Å². The number of hydrogen-bond acceptors (Lipinski definition) is 5. The van der Waals surface area contributed by atoms with Crippen LogP contribution in [-0.2, 0) is 4.74 Å². The van der Waals surface area contributed by atoms with Crippen molar-refractivity contribution >= 4 is 27.5 Å². The van der Waals surface area contributed by atoms with Crippen LogP contribution in [0.5, 0.6) is 0 Å². The van der Waals surface area contributed by atoms with E-state index in [9.17, 15) is 0 Å². The minimum Gasteiger partial charge on any atom is -0.370 e. The number of benzene rings is 1. The van der Waals surface area contributed by atoms with E-state index < -0.39 is 0 Å². The Morgan fingerprint density at radius 3 is 2.94 bits per heavy atom. The zero-order valence-corrected chi connectivity index (χ0v) is 11.9. The van der Waals surface area contributed by atoms with Crippen molar-refractivity contribution < 1.29 is 9.26 Å². The summed E-state index contributed by atoms with van der Waals surface area (Å²) in [4.78, 5) is 4.25. The van der Waals surface area contributed by atoms with E-state index in [1.807, 2.05) is 12.1 Å². The third-order valence-corrected chi connectivity index (χ3v) is 3.61. The Kier molecular flexibility index (Phi) is 4.34. The molecule has 0 amide bonds. The summed E-state index contributed by atoms with van der Waals surface area (Å²) < 4.78 is 11.0. The van der Waals surface area contributed by atoms with Gasteiger partial charge in [-0.25, -0.2) is 0 Å². The minimum absolute atomic E-state index is 0.280. The fourth-order valence-electron chi connectivity index (χ4n) is 1.42. The normalized spacial score (nSPS) is 12.7. The number of nitrogens with two attached hydrogens (primary N) is 1. The summed E-state index contributed by atoms with van der Waals surface area (Å²) >= 11 is 9.26. The monoisotopic (exact) mass is 331 g/mol. The molecule has 0 aliphatic heterocycles. The molecule has 1 heterocycles. The summed E-state index contributed by atoms with van der Waals surface area (Å²) in [6, 6.07) is 5.39. The number of methoxy groups -OCH3 is 1. The first-order valence-electron chi connectivity index (χ1n) is 5.17. The van der Waals surface area contributed by atoms with Crippen LogP contribution in [0.15, 0.2) is 27.2 Å². The molecule has 1 aromatic carbocycles. The molecule has 0 saturated heterocycles. The highest BCUT2D eigenvalue weighted by atomic mass is 79.9. The van der Waals surface area contributed by atoms with E-state index in [0.29, 0.717) is 16.7 Å². The van der Waals surface area contributed by atoms with Gasteiger partial charge in [0.2, 0.25) is 5.82 Å². The predicted octanol–water partition coefficient (Wildman–Crippen LogP) is 2.80. The summed E-state index contributed by atoms with van der Waals surface area (Å²) in [5, 5.41) is 4.51. The lowest BCUT2D eigenvalue weighted by Crippen LogP contribution is -2.14. The van der Waals surface area contributed by atoms with E-state index >= 15 is 0 Å². The van der Waals surface area contributed by atoms with Crippen molar-refractivity contribution in [2.45, 2.75) is 6.10 Å². The zero-order chi connectivity index (χ0) is 13.1. The second kappa shape index (κ2) is 5.79. The highest BCUT2D eigenvalue weighted by Gasteiger charge is 2.17. The molecule has 7 heteroatoms. The quantitative estimate of drug-likeness (QED) is 0.932. The van der Waals surface area contributed by atoms with Gasteiger partial charge in [0, 0.05) is 23.7 Å². The van der Waals surface area contributed by atoms with Gasteiger partial charge in [0.15, 0.2) is 0 Å².